The quantitative estimate of drug-likeness (QED) is 0.375. The van der Waals surface area contributed by atoms with Crippen LogP contribution in [0.2, 0.25) is 0 Å². The normalized spacial score (nSPS) is 15.5. The van der Waals surface area contributed by atoms with E-state index >= 15 is 0 Å². The largest absolute Gasteiger partial charge is 1.00 e. The maximum atomic E-state index is 13.1. The second kappa shape index (κ2) is 9.09. The van der Waals surface area contributed by atoms with Crippen LogP contribution in [0.3, 0.4) is 0 Å². The molecule has 0 spiro atoms. The molecule has 0 aromatic heterocycles. The molecule has 1 radical (unpaired) electrons. The third-order valence-electron chi connectivity index (χ3n) is 2.84. The number of ether oxygens (including phenoxy) is 3. The molecule has 0 aliphatic rings. The summed E-state index contributed by atoms with van der Waals surface area (Å²) in [6.45, 7) is 17.2. The zero-order valence-electron chi connectivity index (χ0n) is 17.2. The number of carboxylic acids is 1. The molecule has 7 heteroatoms. The summed E-state index contributed by atoms with van der Waals surface area (Å²) in [5, 5.41) is 11.8. The Bertz CT molecular complexity index is 440. The van der Waals surface area contributed by atoms with Crippen molar-refractivity contribution in [2.75, 3.05) is 0 Å². The van der Waals surface area contributed by atoms with Crippen molar-refractivity contribution in [2.24, 2.45) is 0 Å². The van der Waals surface area contributed by atoms with Crippen LogP contribution in [0, 0.1) is 0 Å². The van der Waals surface area contributed by atoms with Gasteiger partial charge in [-0.2, -0.15) is 0 Å². The number of hydrogen-bond donors (Lipinski definition) is 0. The molecular formula is C18H33O6Ti. The van der Waals surface area contributed by atoms with Crippen molar-refractivity contribution in [1.29, 1.82) is 0 Å². The van der Waals surface area contributed by atoms with Crippen molar-refractivity contribution in [3.63, 3.8) is 0 Å². The molecule has 145 valence electrons. The SMILES string of the molecule is CCC(OC(C)(C)C)(C(=O)[O-])C(=O)C(OC(C)(C)C)OC(C)(C)C.[Ti+]. The van der Waals surface area contributed by atoms with Gasteiger partial charge < -0.3 is 24.1 Å². The van der Waals surface area contributed by atoms with E-state index in [1.165, 1.54) is 0 Å². The van der Waals surface area contributed by atoms with E-state index in [9.17, 15) is 14.7 Å². The molecule has 0 heterocycles. The van der Waals surface area contributed by atoms with Gasteiger partial charge in [0.1, 0.15) is 0 Å². The molecule has 0 rings (SSSR count). The number of carboxylic acid groups (broad SMARTS) is 1. The molecule has 1 atom stereocenters. The van der Waals surface area contributed by atoms with E-state index in [1.807, 2.05) is 0 Å². The van der Waals surface area contributed by atoms with Crippen LogP contribution in [0.25, 0.3) is 0 Å². The van der Waals surface area contributed by atoms with Gasteiger partial charge in [0.15, 0.2) is 5.60 Å². The molecule has 0 saturated carbocycles. The topological polar surface area (TPSA) is 84.9 Å². The Morgan fingerprint density at radius 2 is 1.20 bits per heavy atom. The van der Waals surface area contributed by atoms with E-state index in [2.05, 4.69) is 0 Å². The molecule has 0 aromatic rings. The smallest absolute Gasteiger partial charge is 0.546 e. The summed E-state index contributed by atoms with van der Waals surface area (Å²) < 4.78 is 17.0. The van der Waals surface area contributed by atoms with Crippen LogP contribution in [-0.2, 0) is 45.5 Å². The Labute approximate surface area is 166 Å². The molecule has 0 N–H and O–H groups in total. The summed E-state index contributed by atoms with van der Waals surface area (Å²) >= 11 is 0. The number of rotatable bonds is 7. The molecule has 0 amide bonds. The maximum Gasteiger partial charge on any atom is 1.00 e. The Morgan fingerprint density at radius 1 is 0.840 bits per heavy atom. The van der Waals surface area contributed by atoms with Crippen molar-refractivity contribution in [3.8, 4) is 0 Å². The average Bonchev–Trinajstić information content (AvgIpc) is 2.29. The Hall–Kier alpha value is -0.266. The molecule has 0 fully saturated rings. The number of carbonyl (C=O) groups is 2. The minimum Gasteiger partial charge on any atom is -0.546 e. The van der Waals surface area contributed by atoms with Crippen LogP contribution in [0.4, 0.5) is 0 Å². The standard InChI is InChI=1S/C18H34O6.Ti/c1-11-18(14(20)21,24-17(8,9)10)12(19)13(22-15(2,3)4)23-16(5,6)7;/h13H,11H2,1-10H3,(H,20,21);/q;+1/p-1. The predicted molar refractivity (Wildman–Crippen MR) is 89.3 cm³/mol. The first-order chi connectivity index (χ1) is 10.4. The second-order valence-corrected chi connectivity index (χ2v) is 8.84. The van der Waals surface area contributed by atoms with Gasteiger partial charge in [0.25, 0.3) is 0 Å². The van der Waals surface area contributed by atoms with Gasteiger partial charge in [0.05, 0.1) is 22.8 Å². The number of hydrogen-bond acceptors (Lipinski definition) is 6. The van der Waals surface area contributed by atoms with E-state index in [-0.39, 0.29) is 28.1 Å². The first-order valence-corrected chi connectivity index (χ1v) is 8.25. The fourth-order valence-electron chi connectivity index (χ4n) is 2.07. The third kappa shape index (κ3) is 9.29. The maximum absolute atomic E-state index is 13.1. The fourth-order valence-corrected chi connectivity index (χ4v) is 2.07. The zero-order valence-corrected chi connectivity index (χ0v) is 18.8. The molecule has 0 aliphatic carbocycles. The number of carbonyl (C=O) groups excluding carboxylic acids is 2. The molecule has 1 unspecified atom stereocenters. The summed E-state index contributed by atoms with van der Waals surface area (Å²) in [5.41, 5.74) is -4.42. The van der Waals surface area contributed by atoms with Crippen molar-refractivity contribution in [2.45, 2.75) is 104 Å². The second-order valence-electron chi connectivity index (χ2n) is 8.84. The number of aliphatic carboxylic acids is 1. The predicted octanol–water partition coefficient (Wildman–Crippen LogP) is 2.22. The first-order valence-electron chi connectivity index (χ1n) is 8.25. The summed E-state index contributed by atoms with van der Waals surface area (Å²) in [4.78, 5) is 24.9. The molecule has 6 nitrogen and oxygen atoms in total. The Balaban J connectivity index is 0. The number of Topliss-reactive ketones (excluding diaryl/α,β-unsaturated/α-hetero) is 1. The Kier molecular flexibility index (Phi) is 9.80. The van der Waals surface area contributed by atoms with Gasteiger partial charge in [-0.15, -0.1) is 0 Å². The van der Waals surface area contributed by atoms with Crippen molar-refractivity contribution in [1.82, 2.24) is 0 Å². The molecule has 0 saturated heterocycles. The molecule has 0 aromatic carbocycles. The van der Waals surface area contributed by atoms with E-state index in [1.54, 1.807) is 69.2 Å². The van der Waals surface area contributed by atoms with E-state index in [0.29, 0.717) is 0 Å². The van der Waals surface area contributed by atoms with Crippen LogP contribution in [-0.4, -0.2) is 40.4 Å². The summed E-state index contributed by atoms with van der Waals surface area (Å²) in [6, 6.07) is 0. The first kappa shape index (κ1) is 27.0. The molecule has 0 bridgehead atoms. The average molecular weight is 393 g/mol. The van der Waals surface area contributed by atoms with Crippen LogP contribution in [0.15, 0.2) is 0 Å². The van der Waals surface area contributed by atoms with Gasteiger partial charge >= 0.3 is 21.7 Å². The van der Waals surface area contributed by atoms with Gasteiger partial charge in [-0.1, -0.05) is 6.92 Å². The van der Waals surface area contributed by atoms with E-state index < -0.39 is 40.4 Å². The summed E-state index contributed by atoms with van der Waals surface area (Å²) in [7, 11) is 0. The molecule has 0 aliphatic heterocycles. The summed E-state index contributed by atoms with van der Waals surface area (Å²) in [6.07, 6.45) is -1.48. The van der Waals surface area contributed by atoms with Crippen molar-refractivity contribution < 1.29 is 50.6 Å². The van der Waals surface area contributed by atoms with E-state index in [0.717, 1.165) is 0 Å². The minimum absolute atomic E-state index is 0. The monoisotopic (exact) mass is 393 g/mol. The van der Waals surface area contributed by atoms with Gasteiger partial charge in [-0.25, -0.2) is 0 Å². The third-order valence-corrected chi connectivity index (χ3v) is 2.84. The Morgan fingerprint density at radius 3 is 1.40 bits per heavy atom. The summed E-state index contributed by atoms with van der Waals surface area (Å²) in [5.74, 6) is -2.39. The van der Waals surface area contributed by atoms with Crippen molar-refractivity contribution in [3.05, 3.63) is 0 Å². The zero-order chi connectivity index (χ0) is 19.6. The molecular weight excluding hydrogens is 360 g/mol. The fraction of sp³-hybridized carbons (Fsp3) is 0.889. The molecule has 25 heavy (non-hydrogen) atoms. The minimum atomic E-state index is -2.14. The van der Waals surface area contributed by atoms with Gasteiger partial charge in [-0.3, -0.25) is 4.79 Å². The van der Waals surface area contributed by atoms with Crippen LogP contribution >= 0.6 is 0 Å². The van der Waals surface area contributed by atoms with Crippen LogP contribution in [0.1, 0.15) is 75.7 Å². The number of ketones is 1. The van der Waals surface area contributed by atoms with Crippen LogP contribution < -0.4 is 5.11 Å². The van der Waals surface area contributed by atoms with Crippen LogP contribution in [0.5, 0.6) is 0 Å². The van der Waals surface area contributed by atoms with Crippen molar-refractivity contribution >= 4 is 11.8 Å². The van der Waals surface area contributed by atoms with Gasteiger partial charge in [0, 0.05) is 0 Å². The van der Waals surface area contributed by atoms with Gasteiger partial charge in [-0.05, 0) is 68.7 Å². The van der Waals surface area contributed by atoms with Gasteiger partial charge in [0.2, 0.25) is 12.1 Å². The van der Waals surface area contributed by atoms with E-state index in [4.69, 9.17) is 14.2 Å².